The van der Waals surface area contributed by atoms with Crippen LogP contribution in [0.5, 0.6) is 5.75 Å². The lowest BCUT2D eigenvalue weighted by Gasteiger charge is -2.08. The summed E-state index contributed by atoms with van der Waals surface area (Å²) in [6, 6.07) is 14.2. The predicted octanol–water partition coefficient (Wildman–Crippen LogP) is 5.22. The van der Waals surface area contributed by atoms with E-state index in [1.165, 1.54) is 22.7 Å². The molecule has 0 bridgehead atoms. The number of aryl methyl sites for hydroxylation is 1. The molecule has 4 aromatic rings. The summed E-state index contributed by atoms with van der Waals surface area (Å²) in [5.74, 6) is 0.434. The lowest BCUT2D eigenvalue weighted by molar-refractivity contribution is 0.102. The molecule has 0 aliphatic rings. The van der Waals surface area contributed by atoms with Crippen molar-refractivity contribution in [3.05, 3.63) is 53.0 Å². The Labute approximate surface area is 201 Å². The standard InChI is InChI=1S/C24H27N5O2S2/c1-5-18-21(27-23(32-18)25-11-12-29(2)3)22(30)28-24-26-20-17(31-4)13-16(14-19(20)33-24)15-9-7-6-8-10-15/h6-10,13-14H,5,11-12H2,1-4H3,(H,25,27)(H,26,28,30). The van der Waals surface area contributed by atoms with Crippen molar-refractivity contribution in [2.24, 2.45) is 0 Å². The Hall–Kier alpha value is -3.01. The quantitative estimate of drug-likeness (QED) is 0.341. The number of likely N-dealkylation sites (N-methyl/N-ethyl adjacent to an activating group) is 1. The number of aromatic nitrogens is 2. The van der Waals surface area contributed by atoms with E-state index in [0.717, 1.165) is 50.9 Å². The van der Waals surface area contributed by atoms with Crippen molar-refractivity contribution in [3.63, 3.8) is 0 Å². The highest BCUT2D eigenvalue weighted by molar-refractivity contribution is 7.22. The normalized spacial score (nSPS) is 11.2. The van der Waals surface area contributed by atoms with Crippen molar-refractivity contribution < 1.29 is 9.53 Å². The van der Waals surface area contributed by atoms with E-state index < -0.39 is 0 Å². The van der Waals surface area contributed by atoms with Gasteiger partial charge in [-0.25, -0.2) is 9.97 Å². The molecular formula is C24H27N5O2S2. The Bertz CT molecular complexity index is 1250. The van der Waals surface area contributed by atoms with Crippen molar-refractivity contribution >= 4 is 49.1 Å². The molecular weight excluding hydrogens is 454 g/mol. The van der Waals surface area contributed by atoms with Gasteiger partial charge in [0.25, 0.3) is 5.91 Å². The summed E-state index contributed by atoms with van der Waals surface area (Å²) in [7, 11) is 5.68. The van der Waals surface area contributed by atoms with E-state index in [9.17, 15) is 4.79 Å². The fraction of sp³-hybridized carbons (Fsp3) is 0.292. The van der Waals surface area contributed by atoms with Crippen molar-refractivity contribution in [2.45, 2.75) is 13.3 Å². The fourth-order valence-electron chi connectivity index (χ4n) is 3.39. The topological polar surface area (TPSA) is 79.4 Å². The van der Waals surface area contributed by atoms with Gasteiger partial charge in [-0.1, -0.05) is 48.6 Å². The highest BCUT2D eigenvalue weighted by Crippen LogP contribution is 2.37. The summed E-state index contributed by atoms with van der Waals surface area (Å²) in [4.78, 5) is 25.3. The van der Waals surface area contributed by atoms with Gasteiger partial charge in [0.15, 0.2) is 10.3 Å². The smallest absolute Gasteiger partial charge is 0.277 e. The molecule has 33 heavy (non-hydrogen) atoms. The Morgan fingerprint density at radius 2 is 1.85 bits per heavy atom. The molecule has 2 aromatic heterocycles. The second kappa shape index (κ2) is 10.3. The van der Waals surface area contributed by atoms with E-state index in [4.69, 9.17) is 4.74 Å². The molecule has 172 valence electrons. The van der Waals surface area contributed by atoms with Crippen LogP contribution in [0, 0.1) is 0 Å². The summed E-state index contributed by atoms with van der Waals surface area (Å²) in [6.45, 7) is 3.69. The second-order valence-electron chi connectivity index (χ2n) is 7.74. The van der Waals surface area contributed by atoms with Gasteiger partial charge in [-0.3, -0.25) is 10.1 Å². The van der Waals surface area contributed by atoms with Gasteiger partial charge in [-0.2, -0.15) is 0 Å². The number of nitrogens with one attached hydrogen (secondary N) is 2. The van der Waals surface area contributed by atoms with Crippen LogP contribution in [0.3, 0.4) is 0 Å². The summed E-state index contributed by atoms with van der Waals surface area (Å²) < 4.78 is 6.54. The maximum absolute atomic E-state index is 13.0. The van der Waals surface area contributed by atoms with E-state index >= 15 is 0 Å². The average molecular weight is 482 g/mol. The first-order valence-electron chi connectivity index (χ1n) is 10.7. The van der Waals surface area contributed by atoms with Crippen LogP contribution in [0.25, 0.3) is 21.3 Å². The molecule has 0 saturated carbocycles. The van der Waals surface area contributed by atoms with E-state index in [1.807, 2.05) is 45.3 Å². The molecule has 0 aliphatic heterocycles. The van der Waals surface area contributed by atoms with Crippen molar-refractivity contribution in [2.75, 3.05) is 44.9 Å². The minimum atomic E-state index is -0.245. The number of methoxy groups -OCH3 is 1. The monoisotopic (exact) mass is 481 g/mol. The third-order valence-corrected chi connectivity index (χ3v) is 7.15. The zero-order chi connectivity index (χ0) is 23.4. The maximum Gasteiger partial charge on any atom is 0.277 e. The summed E-state index contributed by atoms with van der Waals surface area (Å²) in [5, 5.41) is 7.53. The maximum atomic E-state index is 13.0. The Kier molecular flexibility index (Phi) is 7.22. The number of ether oxygens (including phenoxy) is 1. The number of nitrogens with zero attached hydrogens (tertiary/aromatic N) is 3. The second-order valence-corrected chi connectivity index (χ2v) is 9.85. The Balaban J connectivity index is 1.57. The van der Waals surface area contributed by atoms with Gasteiger partial charge >= 0.3 is 0 Å². The van der Waals surface area contributed by atoms with Crippen LogP contribution in [-0.2, 0) is 6.42 Å². The van der Waals surface area contributed by atoms with Gasteiger partial charge in [0, 0.05) is 18.0 Å². The molecule has 0 saturated heterocycles. The molecule has 0 aliphatic carbocycles. The highest BCUT2D eigenvalue weighted by Gasteiger charge is 2.20. The first-order chi connectivity index (χ1) is 16.0. The van der Waals surface area contributed by atoms with Crippen LogP contribution in [0.1, 0.15) is 22.3 Å². The molecule has 2 heterocycles. The zero-order valence-corrected chi connectivity index (χ0v) is 20.8. The molecule has 2 aromatic carbocycles. The molecule has 2 N–H and O–H groups in total. The molecule has 0 fully saturated rings. The van der Waals surface area contributed by atoms with Crippen LogP contribution in [0.2, 0.25) is 0 Å². The molecule has 0 unspecified atom stereocenters. The van der Waals surface area contributed by atoms with Crippen LogP contribution < -0.4 is 15.4 Å². The van der Waals surface area contributed by atoms with Gasteiger partial charge in [0.2, 0.25) is 0 Å². The molecule has 0 spiro atoms. The number of hydrogen-bond acceptors (Lipinski definition) is 8. The van der Waals surface area contributed by atoms with E-state index in [1.54, 1.807) is 7.11 Å². The average Bonchev–Trinajstić information content (AvgIpc) is 3.42. The summed E-state index contributed by atoms with van der Waals surface area (Å²) in [6.07, 6.45) is 0.740. The molecule has 0 atom stereocenters. The predicted molar refractivity (Wildman–Crippen MR) is 138 cm³/mol. The number of anilines is 2. The van der Waals surface area contributed by atoms with Crippen LogP contribution in [0.15, 0.2) is 42.5 Å². The van der Waals surface area contributed by atoms with Gasteiger partial charge in [0.1, 0.15) is 17.0 Å². The summed E-state index contributed by atoms with van der Waals surface area (Å²) >= 11 is 2.95. The SMILES string of the molecule is CCc1sc(NCCN(C)C)nc1C(=O)Nc1nc2c(OC)cc(-c3ccccc3)cc2s1. The van der Waals surface area contributed by atoms with Crippen LogP contribution >= 0.6 is 22.7 Å². The Morgan fingerprint density at radius 3 is 2.55 bits per heavy atom. The number of thiazole rings is 2. The lowest BCUT2D eigenvalue weighted by Crippen LogP contribution is -2.20. The van der Waals surface area contributed by atoms with Gasteiger partial charge in [-0.15, -0.1) is 11.3 Å². The van der Waals surface area contributed by atoms with Gasteiger partial charge in [0.05, 0.1) is 11.8 Å². The molecule has 0 radical (unpaired) electrons. The zero-order valence-electron chi connectivity index (χ0n) is 19.1. The van der Waals surface area contributed by atoms with E-state index in [-0.39, 0.29) is 5.91 Å². The fourth-order valence-corrected chi connectivity index (χ4v) is 5.23. The lowest BCUT2D eigenvalue weighted by atomic mass is 10.1. The highest BCUT2D eigenvalue weighted by atomic mass is 32.1. The third kappa shape index (κ3) is 5.32. The number of hydrogen-bond donors (Lipinski definition) is 2. The van der Waals surface area contributed by atoms with Gasteiger partial charge in [-0.05, 0) is 43.8 Å². The first kappa shape index (κ1) is 23.2. The van der Waals surface area contributed by atoms with Crippen molar-refractivity contribution in [1.29, 1.82) is 0 Å². The van der Waals surface area contributed by atoms with Crippen LogP contribution in [-0.4, -0.2) is 55.1 Å². The third-order valence-electron chi connectivity index (χ3n) is 5.08. The van der Waals surface area contributed by atoms with Gasteiger partial charge < -0.3 is 15.0 Å². The number of amides is 1. The minimum Gasteiger partial charge on any atom is -0.494 e. The van der Waals surface area contributed by atoms with Crippen molar-refractivity contribution in [3.8, 4) is 16.9 Å². The summed E-state index contributed by atoms with van der Waals surface area (Å²) in [5.41, 5.74) is 3.33. The van der Waals surface area contributed by atoms with Crippen LogP contribution in [0.4, 0.5) is 10.3 Å². The molecule has 1 amide bonds. The first-order valence-corrected chi connectivity index (χ1v) is 12.4. The molecule has 4 rings (SSSR count). The molecule has 9 heteroatoms. The van der Waals surface area contributed by atoms with E-state index in [2.05, 4.69) is 43.7 Å². The largest absolute Gasteiger partial charge is 0.494 e. The van der Waals surface area contributed by atoms with Crippen molar-refractivity contribution in [1.82, 2.24) is 14.9 Å². The Morgan fingerprint density at radius 1 is 1.06 bits per heavy atom. The van der Waals surface area contributed by atoms with E-state index in [0.29, 0.717) is 16.6 Å². The number of rotatable bonds is 9. The number of carbonyl (C=O) groups is 1. The minimum absolute atomic E-state index is 0.245. The molecule has 7 nitrogen and oxygen atoms in total. The number of fused-ring (bicyclic) bond motifs is 1. The number of benzene rings is 2. The number of carbonyl (C=O) groups excluding carboxylic acids is 1.